The highest BCUT2D eigenvalue weighted by molar-refractivity contribution is 5.30. The van der Waals surface area contributed by atoms with Crippen LogP contribution in [0.15, 0.2) is 24.3 Å². The standard InChI is InChI=1S/C17H26O2/c1-4-13-8-9-15(10-13)17(18)14-6-5-7-16(11-14)19-12(2)3/h5-7,11-13,15,17-18H,4,8-10H2,1-3H3. The summed E-state index contributed by atoms with van der Waals surface area (Å²) in [4.78, 5) is 0. The Morgan fingerprint density at radius 1 is 1.32 bits per heavy atom. The van der Waals surface area contributed by atoms with Crippen molar-refractivity contribution in [1.29, 1.82) is 0 Å². The Balaban J connectivity index is 2.04. The van der Waals surface area contributed by atoms with Crippen molar-refractivity contribution in [2.24, 2.45) is 11.8 Å². The fourth-order valence-electron chi connectivity index (χ4n) is 3.09. The predicted octanol–water partition coefficient (Wildman–Crippen LogP) is 4.33. The fourth-order valence-corrected chi connectivity index (χ4v) is 3.09. The molecule has 1 aliphatic carbocycles. The van der Waals surface area contributed by atoms with Gasteiger partial charge in [0, 0.05) is 0 Å². The topological polar surface area (TPSA) is 29.5 Å². The molecule has 2 rings (SSSR count). The summed E-state index contributed by atoms with van der Waals surface area (Å²) < 4.78 is 5.70. The molecule has 0 bridgehead atoms. The minimum Gasteiger partial charge on any atom is -0.491 e. The Kier molecular flexibility index (Phi) is 4.87. The van der Waals surface area contributed by atoms with E-state index in [9.17, 15) is 5.11 Å². The first-order chi connectivity index (χ1) is 9.10. The molecule has 106 valence electrons. The van der Waals surface area contributed by atoms with Crippen molar-refractivity contribution in [3.63, 3.8) is 0 Å². The molecule has 1 saturated carbocycles. The number of rotatable bonds is 5. The molecule has 2 heteroatoms. The van der Waals surface area contributed by atoms with Crippen LogP contribution in [-0.4, -0.2) is 11.2 Å². The number of ether oxygens (including phenoxy) is 1. The van der Waals surface area contributed by atoms with Gasteiger partial charge in [0.1, 0.15) is 5.75 Å². The molecule has 1 aromatic carbocycles. The maximum absolute atomic E-state index is 10.5. The molecule has 0 radical (unpaired) electrons. The lowest BCUT2D eigenvalue weighted by Gasteiger charge is -2.20. The van der Waals surface area contributed by atoms with Crippen LogP contribution in [0.4, 0.5) is 0 Å². The molecule has 0 heterocycles. The maximum atomic E-state index is 10.5. The van der Waals surface area contributed by atoms with E-state index in [1.165, 1.54) is 12.8 Å². The van der Waals surface area contributed by atoms with Crippen molar-refractivity contribution in [1.82, 2.24) is 0 Å². The molecule has 1 aliphatic rings. The van der Waals surface area contributed by atoms with E-state index in [0.717, 1.165) is 30.1 Å². The van der Waals surface area contributed by atoms with Crippen molar-refractivity contribution in [2.75, 3.05) is 0 Å². The molecule has 3 unspecified atom stereocenters. The molecule has 0 aliphatic heterocycles. The summed E-state index contributed by atoms with van der Waals surface area (Å²) in [5.41, 5.74) is 1.000. The SMILES string of the molecule is CCC1CCC(C(O)c2cccc(OC(C)C)c2)C1. The van der Waals surface area contributed by atoms with E-state index in [2.05, 4.69) is 6.92 Å². The summed E-state index contributed by atoms with van der Waals surface area (Å²) in [7, 11) is 0. The number of hydrogen-bond donors (Lipinski definition) is 1. The van der Waals surface area contributed by atoms with Gasteiger partial charge in [-0.05, 0) is 56.2 Å². The van der Waals surface area contributed by atoms with Crippen LogP contribution in [0, 0.1) is 11.8 Å². The number of benzene rings is 1. The minimum atomic E-state index is -0.340. The van der Waals surface area contributed by atoms with Gasteiger partial charge >= 0.3 is 0 Å². The molecule has 0 saturated heterocycles. The summed E-state index contributed by atoms with van der Waals surface area (Å²) in [5, 5.41) is 10.5. The van der Waals surface area contributed by atoms with Crippen LogP contribution in [0.25, 0.3) is 0 Å². The summed E-state index contributed by atoms with van der Waals surface area (Å²) in [6.07, 6.45) is 4.64. The first kappa shape index (κ1) is 14.4. The number of aliphatic hydroxyl groups excluding tert-OH is 1. The van der Waals surface area contributed by atoms with Gasteiger partial charge in [0.2, 0.25) is 0 Å². The van der Waals surface area contributed by atoms with Gasteiger partial charge in [-0.3, -0.25) is 0 Å². The highest BCUT2D eigenvalue weighted by Gasteiger charge is 2.29. The molecule has 1 fully saturated rings. The quantitative estimate of drug-likeness (QED) is 0.855. The van der Waals surface area contributed by atoms with E-state index in [0.29, 0.717) is 5.92 Å². The van der Waals surface area contributed by atoms with Crippen LogP contribution in [0.2, 0.25) is 0 Å². The van der Waals surface area contributed by atoms with Gasteiger partial charge in [-0.2, -0.15) is 0 Å². The molecule has 1 aromatic rings. The maximum Gasteiger partial charge on any atom is 0.120 e. The van der Waals surface area contributed by atoms with Crippen LogP contribution in [0.1, 0.15) is 58.1 Å². The van der Waals surface area contributed by atoms with E-state index in [4.69, 9.17) is 4.74 Å². The lowest BCUT2D eigenvalue weighted by Crippen LogP contribution is -2.11. The van der Waals surface area contributed by atoms with Crippen molar-refractivity contribution >= 4 is 0 Å². The van der Waals surface area contributed by atoms with Gasteiger partial charge in [0.15, 0.2) is 0 Å². The average molecular weight is 262 g/mol. The van der Waals surface area contributed by atoms with Gasteiger partial charge in [0.25, 0.3) is 0 Å². The Hall–Kier alpha value is -1.02. The summed E-state index contributed by atoms with van der Waals surface area (Å²) in [6, 6.07) is 7.93. The number of aliphatic hydroxyl groups is 1. The van der Waals surface area contributed by atoms with Gasteiger partial charge < -0.3 is 9.84 Å². The third-order valence-electron chi connectivity index (χ3n) is 4.18. The molecule has 0 spiro atoms. The van der Waals surface area contributed by atoms with Gasteiger partial charge in [-0.1, -0.05) is 31.9 Å². The van der Waals surface area contributed by atoms with E-state index in [-0.39, 0.29) is 12.2 Å². The van der Waals surface area contributed by atoms with Crippen LogP contribution >= 0.6 is 0 Å². The smallest absolute Gasteiger partial charge is 0.120 e. The third kappa shape index (κ3) is 3.73. The second kappa shape index (κ2) is 6.42. The average Bonchev–Trinajstić information content (AvgIpc) is 2.86. The number of hydrogen-bond acceptors (Lipinski definition) is 2. The van der Waals surface area contributed by atoms with Gasteiger partial charge in [-0.15, -0.1) is 0 Å². The third-order valence-corrected chi connectivity index (χ3v) is 4.18. The Bertz CT molecular complexity index is 400. The van der Waals surface area contributed by atoms with Crippen LogP contribution in [0.5, 0.6) is 5.75 Å². The molecular weight excluding hydrogens is 236 g/mol. The van der Waals surface area contributed by atoms with Crippen molar-refractivity contribution in [2.45, 2.75) is 58.7 Å². The molecule has 19 heavy (non-hydrogen) atoms. The van der Waals surface area contributed by atoms with Crippen molar-refractivity contribution < 1.29 is 9.84 Å². The zero-order chi connectivity index (χ0) is 13.8. The van der Waals surface area contributed by atoms with Crippen LogP contribution in [-0.2, 0) is 0 Å². The Morgan fingerprint density at radius 2 is 2.11 bits per heavy atom. The first-order valence-corrected chi connectivity index (χ1v) is 7.54. The second-order valence-electron chi connectivity index (χ2n) is 6.03. The Morgan fingerprint density at radius 3 is 2.74 bits per heavy atom. The zero-order valence-electron chi connectivity index (χ0n) is 12.3. The van der Waals surface area contributed by atoms with Gasteiger partial charge in [0.05, 0.1) is 12.2 Å². The highest BCUT2D eigenvalue weighted by atomic mass is 16.5. The van der Waals surface area contributed by atoms with E-state index >= 15 is 0 Å². The monoisotopic (exact) mass is 262 g/mol. The molecule has 0 aromatic heterocycles. The second-order valence-corrected chi connectivity index (χ2v) is 6.03. The normalized spacial score (nSPS) is 24.7. The van der Waals surface area contributed by atoms with Crippen LogP contribution < -0.4 is 4.74 Å². The molecule has 0 amide bonds. The fraction of sp³-hybridized carbons (Fsp3) is 0.647. The van der Waals surface area contributed by atoms with E-state index in [1.807, 2.05) is 38.1 Å². The lowest BCUT2D eigenvalue weighted by molar-refractivity contribution is 0.108. The van der Waals surface area contributed by atoms with Gasteiger partial charge in [-0.25, -0.2) is 0 Å². The molecule has 1 N–H and O–H groups in total. The van der Waals surface area contributed by atoms with Crippen LogP contribution in [0.3, 0.4) is 0 Å². The molecule has 3 atom stereocenters. The van der Waals surface area contributed by atoms with Crippen molar-refractivity contribution in [3.8, 4) is 5.75 Å². The first-order valence-electron chi connectivity index (χ1n) is 7.54. The highest BCUT2D eigenvalue weighted by Crippen LogP contribution is 2.40. The molecule has 2 nitrogen and oxygen atoms in total. The minimum absolute atomic E-state index is 0.170. The predicted molar refractivity (Wildman–Crippen MR) is 78.3 cm³/mol. The Labute approximate surface area is 116 Å². The van der Waals surface area contributed by atoms with E-state index < -0.39 is 0 Å². The summed E-state index contributed by atoms with van der Waals surface area (Å²) in [5.74, 6) is 2.07. The van der Waals surface area contributed by atoms with E-state index in [1.54, 1.807) is 0 Å². The lowest BCUT2D eigenvalue weighted by atomic mass is 9.93. The van der Waals surface area contributed by atoms with Crippen molar-refractivity contribution in [3.05, 3.63) is 29.8 Å². The largest absolute Gasteiger partial charge is 0.491 e. The summed E-state index contributed by atoms with van der Waals surface area (Å²) >= 11 is 0. The zero-order valence-corrected chi connectivity index (χ0v) is 12.3. The summed E-state index contributed by atoms with van der Waals surface area (Å²) in [6.45, 7) is 6.29. The molecular formula is C17H26O2.